The molecule has 3 aromatic heterocycles. The number of nitrogens with two attached hydrogens (primary N) is 1. The Bertz CT molecular complexity index is 1700. The molecule has 2 aromatic carbocycles. The van der Waals surface area contributed by atoms with Crippen molar-refractivity contribution in [1.29, 1.82) is 0 Å². The van der Waals surface area contributed by atoms with Gasteiger partial charge in [0.25, 0.3) is 0 Å². The molecule has 0 aliphatic carbocycles. The zero-order chi connectivity index (χ0) is 28.5. The predicted octanol–water partition coefficient (Wildman–Crippen LogP) is 4.14. The number of carbonyl (C=O) groups excluding carboxylic acids is 1. The maximum Gasteiger partial charge on any atom is 0.320 e. The number of nitrogens with zero attached hydrogens (tertiary/aromatic N) is 8. The average Bonchev–Trinajstić information content (AvgIpc) is 3.77. The number of anilines is 1. The SMILES string of the molecule is Nc1ncnn2c(CCCN3CCN(C(=O)N4CCCC4)CC3)cc(-c3ccc4cn(Cc5ccccc5)nc4c3)c12. The lowest BCUT2D eigenvalue weighted by molar-refractivity contribution is 0.117. The first kappa shape index (κ1) is 26.5. The van der Waals surface area contributed by atoms with Crippen LogP contribution < -0.4 is 5.73 Å². The fraction of sp³-hybridized carbons (Fsp3) is 0.375. The minimum absolute atomic E-state index is 0.220. The molecule has 0 saturated carbocycles. The van der Waals surface area contributed by atoms with E-state index in [0.717, 1.165) is 111 Å². The van der Waals surface area contributed by atoms with E-state index in [9.17, 15) is 4.79 Å². The molecular formula is C32H37N9O. The number of fused-ring (bicyclic) bond motifs is 2. The highest BCUT2D eigenvalue weighted by atomic mass is 16.2. The minimum atomic E-state index is 0.220. The Morgan fingerprint density at radius 1 is 0.905 bits per heavy atom. The second kappa shape index (κ2) is 11.4. The van der Waals surface area contributed by atoms with Gasteiger partial charge >= 0.3 is 6.03 Å². The third kappa shape index (κ3) is 5.30. The number of benzene rings is 2. The Balaban J connectivity index is 1.04. The third-order valence-corrected chi connectivity index (χ3v) is 8.64. The Kier molecular flexibility index (Phi) is 7.21. The second-order valence-corrected chi connectivity index (χ2v) is 11.4. The summed E-state index contributed by atoms with van der Waals surface area (Å²) >= 11 is 0. The van der Waals surface area contributed by atoms with Crippen molar-refractivity contribution < 1.29 is 4.79 Å². The molecule has 2 saturated heterocycles. The van der Waals surface area contributed by atoms with Crippen molar-refractivity contribution in [2.24, 2.45) is 0 Å². The molecule has 0 spiro atoms. The van der Waals surface area contributed by atoms with E-state index in [1.807, 2.05) is 25.1 Å². The van der Waals surface area contributed by atoms with Gasteiger partial charge in [-0.15, -0.1) is 0 Å². The molecule has 10 nitrogen and oxygen atoms in total. The molecule has 10 heteroatoms. The molecular weight excluding hydrogens is 526 g/mol. The first-order chi connectivity index (χ1) is 20.6. The monoisotopic (exact) mass is 563 g/mol. The number of likely N-dealkylation sites (tertiary alicyclic amines) is 1. The van der Waals surface area contributed by atoms with E-state index in [-0.39, 0.29) is 6.03 Å². The minimum Gasteiger partial charge on any atom is -0.382 e. The summed E-state index contributed by atoms with van der Waals surface area (Å²) < 4.78 is 3.94. The molecule has 5 aromatic rings. The zero-order valence-corrected chi connectivity index (χ0v) is 23.9. The van der Waals surface area contributed by atoms with Gasteiger partial charge in [0, 0.05) is 62.1 Å². The number of aromatic nitrogens is 5. The van der Waals surface area contributed by atoms with Crippen molar-refractivity contribution in [1.82, 2.24) is 39.1 Å². The van der Waals surface area contributed by atoms with Crippen LogP contribution in [0.1, 0.15) is 30.5 Å². The van der Waals surface area contributed by atoms with Gasteiger partial charge in [-0.2, -0.15) is 10.2 Å². The van der Waals surface area contributed by atoms with Crippen LogP contribution in [0.3, 0.4) is 0 Å². The van der Waals surface area contributed by atoms with Gasteiger partial charge in [-0.25, -0.2) is 14.3 Å². The lowest BCUT2D eigenvalue weighted by Gasteiger charge is -2.36. The van der Waals surface area contributed by atoms with E-state index in [0.29, 0.717) is 5.82 Å². The Labute approximate surface area is 245 Å². The molecule has 2 N–H and O–H groups in total. The normalized spacial score (nSPS) is 16.2. The molecule has 2 aliphatic rings. The highest BCUT2D eigenvalue weighted by molar-refractivity contribution is 5.92. The smallest absolute Gasteiger partial charge is 0.320 e. The summed E-state index contributed by atoms with van der Waals surface area (Å²) in [6.07, 6.45) is 7.75. The van der Waals surface area contributed by atoms with E-state index in [1.54, 1.807) is 0 Å². The summed E-state index contributed by atoms with van der Waals surface area (Å²) in [6, 6.07) is 19.2. The predicted molar refractivity (Wildman–Crippen MR) is 164 cm³/mol. The molecule has 42 heavy (non-hydrogen) atoms. The van der Waals surface area contributed by atoms with Crippen LogP contribution >= 0.6 is 0 Å². The molecule has 5 heterocycles. The van der Waals surface area contributed by atoms with Crippen molar-refractivity contribution in [2.45, 2.75) is 32.2 Å². The summed E-state index contributed by atoms with van der Waals surface area (Å²) in [4.78, 5) is 23.5. The first-order valence-corrected chi connectivity index (χ1v) is 15.0. The van der Waals surface area contributed by atoms with Crippen LogP contribution in [0.25, 0.3) is 27.5 Å². The molecule has 0 unspecified atom stereocenters. The van der Waals surface area contributed by atoms with Gasteiger partial charge < -0.3 is 15.5 Å². The van der Waals surface area contributed by atoms with E-state index in [2.05, 4.69) is 69.7 Å². The number of hydrogen-bond acceptors (Lipinski definition) is 6. The van der Waals surface area contributed by atoms with Crippen molar-refractivity contribution in [2.75, 3.05) is 51.5 Å². The van der Waals surface area contributed by atoms with Crippen LogP contribution in [0.15, 0.2) is 67.1 Å². The standard InChI is InChI=1S/C32H37N9O/c33-31-30-28(25-10-11-26-22-40(36-29(26)19-25)21-24-7-2-1-3-8-24)20-27(41(30)35-23-34-31)9-6-12-37-15-17-39(18-16-37)32(42)38-13-4-5-14-38/h1-3,7-8,10-11,19-20,22-23H,4-6,9,12-18,21H2,(H2,33,34,35). The number of hydrogen-bond donors (Lipinski definition) is 1. The fourth-order valence-electron chi connectivity index (χ4n) is 6.37. The number of rotatable bonds is 7. The quantitative estimate of drug-likeness (QED) is 0.320. The van der Waals surface area contributed by atoms with Crippen LogP contribution in [-0.2, 0) is 13.0 Å². The molecule has 0 radical (unpaired) electrons. The molecule has 2 fully saturated rings. The summed E-state index contributed by atoms with van der Waals surface area (Å²) in [7, 11) is 0. The summed E-state index contributed by atoms with van der Waals surface area (Å²) in [5.41, 5.74) is 12.6. The van der Waals surface area contributed by atoms with Crippen molar-refractivity contribution in [3.8, 4) is 11.1 Å². The topological polar surface area (TPSA) is 101 Å². The Hall–Kier alpha value is -4.44. The zero-order valence-electron chi connectivity index (χ0n) is 23.9. The van der Waals surface area contributed by atoms with Gasteiger partial charge in [-0.3, -0.25) is 9.58 Å². The lowest BCUT2D eigenvalue weighted by atomic mass is 10.0. The van der Waals surface area contributed by atoms with E-state index in [1.165, 1.54) is 11.9 Å². The Morgan fingerprint density at radius 2 is 1.69 bits per heavy atom. The number of urea groups is 1. The van der Waals surface area contributed by atoms with E-state index < -0.39 is 0 Å². The maximum absolute atomic E-state index is 12.7. The summed E-state index contributed by atoms with van der Waals surface area (Å²) in [5, 5.41) is 10.5. The van der Waals surface area contributed by atoms with Crippen LogP contribution in [0, 0.1) is 0 Å². The molecule has 2 amide bonds. The first-order valence-electron chi connectivity index (χ1n) is 15.0. The number of nitrogen functional groups attached to an aromatic ring is 1. The average molecular weight is 564 g/mol. The van der Waals surface area contributed by atoms with Crippen LogP contribution in [0.2, 0.25) is 0 Å². The number of piperazine rings is 1. The number of carbonyl (C=O) groups is 1. The molecule has 7 rings (SSSR count). The van der Waals surface area contributed by atoms with Crippen molar-refractivity contribution in [3.63, 3.8) is 0 Å². The highest BCUT2D eigenvalue weighted by Crippen LogP contribution is 2.32. The number of aryl methyl sites for hydroxylation is 1. The van der Waals surface area contributed by atoms with Crippen molar-refractivity contribution >= 4 is 28.3 Å². The maximum atomic E-state index is 12.7. The summed E-state index contributed by atoms with van der Waals surface area (Å²) in [5.74, 6) is 0.472. The molecule has 216 valence electrons. The van der Waals surface area contributed by atoms with E-state index >= 15 is 0 Å². The van der Waals surface area contributed by atoms with Crippen LogP contribution in [-0.4, -0.2) is 90.9 Å². The van der Waals surface area contributed by atoms with Crippen LogP contribution in [0.4, 0.5) is 10.6 Å². The molecule has 0 bridgehead atoms. The number of amides is 2. The highest BCUT2D eigenvalue weighted by Gasteiger charge is 2.26. The summed E-state index contributed by atoms with van der Waals surface area (Å²) in [6.45, 7) is 6.99. The van der Waals surface area contributed by atoms with Crippen LogP contribution in [0.5, 0.6) is 0 Å². The van der Waals surface area contributed by atoms with Gasteiger partial charge in [-0.1, -0.05) is 42.5 Å². The third-order valence-electron chi connectivity index (χ3n) is 8.64. The largest absolute Gasteiger partial charge is 0.382 e. The van der Waals surface area contributed by atoms with Crippen molar-refractivity contribution in [3.05, 3.63) is 78.4 Å². The van der Waals surface area contributed by atoms with Gasteiger partial charge in [0.2, 0.25) is 0 Å². The van der Waals surface area contributed by atoms with Gasteiger partial charge in [0.05, 0.1) is 12.1 Å². The Morgan fingerprint density at radius 3 is 2.50 bits per heavy atom. The van der Waals surface area contributed by atoms with Gasteiger partial charge in [0.15, 0.2) is 5.82 Å². The van der Waals surface area contributed by atoms with E-state index in [4.69, 9.17) is 10.8 Å². The lowest BCUT2D eigenvalue weighted by Crippen LogP contribution is -2.52. The molecule has 2 aliphatic heterocycles. The van der Waals surface area contributed by atoms with Gasteiger partial charge in [-0.05, 0) is 55.5 Å². The molecule has 0 atom stereocenters. The second-order valence-electron chi connectivity index (χ2n) is 11.4. The van der Waals surface area contributed by atoms with Gasteiger partial charge in [0.1, 0.15) is 11.8 Å². The fourth-order valence-corrected chi connectivity index (χ4v) is 6.37.